The van der Waals surface area contributed by atoms with Crippen LogP contribution in [0.25, 0.3) is 0 Å². The van der Waals surface area contributed by atoms with Crippen LogP contribution < -0.4 is 15.5 Å². The zero-order chi connectivity index (χ0) is 18.2. The van der Waals surface area contributed by atoms with Crippen LogP contribution >= 0.6 is 35.6 Å². The second-order valence-electron chi connectivity index (χ2n) is 6.95. The van der Waals surface area contributed by atoms with E-state index in [1.807, 2.05) is 19.2 Å². The molecule has 0 aromatic heterocycles. The van der Waals surface area contributed by atoms with Gasteiger partial charge in [-0.2, -0.15) is 0 Å². The Morgan fingerprint density at radius 1 is 1.19 bits per heavy atom. The summed E-state index contributed by atoms with van der Waals surface area (Å²) in [6, 6.07) is 8.66. The van der Waals surface area contributed by atoms with Crippen molar-refractivity contribution in [2.45, 2.75) is 25.3 Å². The molecule has 0 radical (unpaired) electrons. The number of nitrogens with one attached hydrogen (secondary N) is 2. The number of anilines is 1. The second-order valence-corrected chi connectivity index (χ2v) is 7.38. The molecule has 0 saturated carbocycles. The Kier molecular flexibility index (Phi) is 9.72. The van der Waals surface area contributed by atoms with Gasteiger partial charge in [0, 0.05) is 56.5 Å². The largest absolute Gasteiger partial charge is 0.369 e. The Labute approximate surface area is 185 Å². The zero-order valence-electron chi connectivity index (χ0n) is 16.0. The standard InChI is InChI=1S/C20H30ClN5.HI/c1-22-20(24-18-7-2-3-8-18)23-10-5-11-25-12-14-26(15-13-25)19-9-4-6-17(21)16-19;/h2-4,6,9,16,18H,5,7-8,10-15H2,1H3,(H2,22,23,24);1H. The van der Waals surface area contributed by atoms with Gasteiger partial charge in [-0.1, -0.05) is 29.8 Å². The van der Waals surface area contributed by atoms with Crippen LogP contribution in [0.15, 0.2) is 41.4 Å². The Hall–Kier alpha value is -0.990. The molecule has 7 heteroatoms. The summed E-state index contributed by atoms with van der Waals surface area (Å²) >= 11 is 6.11. The van der Waals surface area contributed by atoms with Crippen molar-refractivity contribution in [1.82, 2.24) is 15.5 Å². The molecular weight excluding hydrogens is 473 g/mol. The quantitative estimate of drug-likeness (QED) is 0.205. The van der Waals surface area contributed by atoms with Gasteiger partial charge in [0.1, 0.15) is 0 Å². The van der Waals surface area contributed by atoms with Crippen LogP contribution in [0.4, 0.5) is 5.69 Å². The van der Waals surface area contributed by atoms with Crippen molar-refractivity contribution in [3.8, 4) is 0 Å². The first-order valence-electron chi connectivity index (χ1n) is 9.59. The topological polar surface area (TPSA) is 42.9 Å². The van der Waals surface area contributed by atoms with Gasteiger partial charge in [0.05, 0.1) is 0 Å². The molecule has 3 rings (SSSR count). The molecule has 2 N–H and O–H groups in total. The molecule has 1 aromatic carbocycles. The SMILES string of the molecule is CN=C(NCCCN1CCN(c2cccc(Cl)c2)CC1)NC1CC=CC1.I. The molecule has 2 aliphatic rings. The normalized spacial score (nSPS) is 18.4. The maximum Gasteiger partial charge on any atom is 0.191 e. The summed E-state index contributed by atoms with van der Waals surface area (Å²) in [5.74, 6) is 0.921. The van der Waals surface area contributed by atoms with Gasteiger partial charge in [0.15, 0.2) is 5.96 Å². The molecule has 0 amide bonds. The van der Waals surface area contributed by atoms with E-state index in [1.165, 1.54) is 5.69 Å². The predicted molar refractivity (Wildman–Crippen MR) is 127 cm³/mol. The molecule has 5 nitrogen and oxygen atoms in total. The Morgan fingerprint density at radius 3 is 2.59 bits per heavy atom. The van der Waals surface area contributed by atoms with E-state index in [0.717, 1.165) is 69.5 Å². The second kappa shape index (κ2) is 11.8. The lowest BCUT2D eigenvalue weighted by Crippen LogP contribution is -2.47. The van der Waals surface area contributed by atoms with E-state index in [-0.39, 0.29) is 24.0 Å². The first-order chi connectivity index (χ1) is 12.7. The number of hydrogen-bond donors (Lipinski definition) is 2. The van der Waals surface area contributed by atoms with E-state index in [0.29, 0.717) is 6.04 Å². The maximum absolute atomic E-state index is 6.11. The van der Waals surface area contributed by atoms with Gasteiger partial charge < -0.3 is 15.5 Å². The highest BCUT2D eigenvalue weighted by Crippen LogP contribution is 2.20. The van der Waals surface area contributed by atoms with Crippen molar-refractivity contribution in [1.29, 1.82) is 0 Å². The van der Waals surface area contributed by atoms with Crippen molar-refractivity contribution < 1.29 is 0 Å². The molecule has 0 atom stereocenters. The number of benzene rings is 1. The number of piperazine rings is 1. The van der Waals surface area contributed by atoms with Gasteiger partial charge in [-0.3, -0.25) is 9.89 Å². The van der Waals surface area contributed by atoms with Crippen LogP contribution in [0.5, 0.6) is 0 Å². The molecule has 27 heavy (non-hydrogen) atoms. The number of rotatable bonds is 6. The van der Waals surface area contributed by atoms with E-state index in [4.69, 9.17) is 11.6 Å². The van der Waals surface area contributed by atoms with E-state index >= 15 is 0 Å². The minimum atomic E-state index is 0. The highest BCUT2D eigenvalue weighted by atomic mass is 127. The summed E-state index contributed by atoms with van der Waals surface area (Å²) in [6.45, 7) is 6.41. The fraction of sp³-hybridized carbons (Fsp3) is 0.550. The van der Waals surface area contributed by atoms with Crippen LogP contribution in [0.2, 0.25) is 5.02 Å². The molecule has 1 heterocycles. The Morgan fingerprint density at radius 2 is 1.93 bits per heavy atom. The van der Waals surface area contributed by atoms with Crippen LogP contribution in [-0.2, 0) is 0 Å². The third-order valence-electron chi connectivity index (χ3n) is 5.06. The molecule has 1 aromatic rings. The average Bonchev–Trinajstić information content (AvgIpc) is 3.18. The van der Waals surface area contributed by atoms with Crippen molar-refractivity contribution >= 4 is 47.2 Å². The molecule has 1 fully saturated rings. The number of halogens is 2. The summed E-state index contributed by atoms with van der Waals surface area (Å²) in [5.41, 5.74) is 1.23. The minimum absolute atomic E-state index is 0. The lowest BCUT2D eigenvalue weighted by atomic mass is 10.2. The molecule has 1 aliphatic carbocycles. The first kappa shape index (κ1) is 22.3. The Balaban J connectivity index is 0.00000261. The van der Waals surface area contributed by atoms with Crippen molar-refractivity contribution in [2.75, 3.05) is 51.2 Å². The van der Waals surface area contributed by atoms with Gasteiger partial charge in [0.25, 0.3) is 0 Å². The van der Waals surface area contributed by atoms with Crippen LogP contribution in [0.3, 0.4) is 0 Å². The number of aliphatic imine (C=N–C) groups is 1. The predicted octanol–water partition coefficient (Wildman–Crippen LogP) is 3.35. The Bertz CT molecular complexity index is 621. The minimum Gasteiger partial charge on any atom is -0.369 e. The molecule has 150 valence electrons. The smallest absolute Gasteiger partial charge is 0.191 e. The summed E-state index contributed by atoms with van der Waals surface area (Å²) in [6.07, 6.45) is 7.78. The van der Waals surface area contributed by atoms with Crippen molar-refractivity contribution in [3.63, 3.8) is 0 Å². The monoisotopic (exact) mass is 503 g/mol. The van der Waals surface area contributed by atoms with Gasteiger partial charge >= 0.3 is 0 Å². The first-order valence-corrected chi connectivity index (χ1v) is 9.97. The van der Waals surface area contributed by atoms with E-state index in [9.17, 15) is 0 Å². The van der Waals surface area contributed by atoms with Gasteiger partial charge in [-0.15, -0.1) is 24.0 Å². The molecule has 1 saturated heterocycles. The van der Waals surface area contributed by atoms with Crippen LogP contribution in [0.1, 0.15) is 19.3 Å². The number of guanidine groups is 1. The maximum atomic E-state index is 6.11. The fourth-order valence-electron chi connectivity index (χ4n) is 3.53. The molecule has 0 spiro atoms. The van der Waals surface area contributed by atoms with Gasteiger partial charge in [-0.05, 0) is 44.0 Å². The lowest BCUT2D eigenvalue weighted by Gasteiger charge is -2.36. The summed E-state index contributed by atoms with van der Waals surface area (Å²) in [7, 11) is 1.84. The third-order valence-corrected chi connectivity index (χ3v) is 5.30. The third kappa shape index (κ3) is 7.16. The van der Waals surface area contributed by atoms with E-state index in [1.54, 1.807) is 0 Å². The average molecular weight is 504 g/mol. The zero-order valence-corrected chi connectivity index (χ0v) is 19.1. The van der Waals surface area contributed by atoms with Crippen molar-refractivity contribution in [2.24, 2.45) is 4.99 Å². The number of nitrogens with zero attached hydrogens (tertiary/aromatic N) is 3. The van der Waals surface area contributed by atoms with Crippen molar-refractivity contribution in [3.05, 3.63) is 41.4 Å². The summed E-state index contributed by atoms with van der Waals surface area (Å²) < 4.78 is 0. The van der Waals surface area contributed by atoms with E-state index in [2.05, 4.69) is 49.7 Å². The highest BCUT2D eigenvalue weighted by Gasteiger charge is 2.17. The molecular formula is C20H31ClIN5. The van der Waals surface area contributed by atoms with Crippen LogP contribution in [0, 0.1) is 0 Å². The molecule has 1 aliphatic heterocycles. The van der Waals surface area contributed by atoms with Gasteiger partial charge in [-0.25, -0.2) is 0 Å². The lowest BCUT2D eigenvalue weighted by molar-refractivity contribution is 0.255. The highest BCUT2D eigenvalue weighted by molar-refractivity contribution is 14.0. The molecule has 0 unspecified atom stereocenters. The molecule has 0 bridgehead atoms. The summed E-state index contributed by atoms with van der Waals surface area (Å²) in [4.78, 5) is 9.28. The fourth-order valence-corrected chi connectivity index (χ4v) is 3.72. The van der Waals surface area contributed by atoms with Crippen LogP contribution in [-0.4, -0.2) is 63.2 Å². The summed E-state index contributed by atoms with van der Waals surface area (Å²) in [5, 5.41) is 7.73. The van der Waals surface area contributed by atoms with E-state index < -0.39 is 0 Å². The number of hydrogen-bond acceptors (Lipinski definition) is 3. The van der Waals surface area contributed by atoms with Gasteiger partial charge in [0.2, 0.25) is 0 Å².